The van der Waals surface area contributed by atoms with Crippen molar-refractivity contribution in [3.8, 4) is 0 Å². The maximum absolute atomic E-state index is 10.7. The van der Waals surface area contributed by atoms with Gasteiger partial charge in [0.05, 0.1) is 5.57 Å². The van der Waals surface area contributed by atoms with Crippen LogP contribution in [0.4, 0.5) is 0 Å². The number of rotatable bonds is 3. The van der Waals surface area contributed by atoms with Crippen LogP contribution in [0.1, 0.15) is 17.1 Å². The molecule has 0 aromatic carbocycles. The maximum Gasteiger partial charge on any atom is 0.335 e. The number of aliphatic carboxylic acids is 1. The summed E-state index contributed by atoms with van der Waals surface area (Å²) in [4.78, 5) is 10.7. The lowest BCUT2D eigenvalue weighted by atomic mass is 10.2. The standard InChI is InChI=1S/C11H12O3/c1-4-9(11(12)13)6-10-7(2)5-8(3)14-10/h4-6H,1H2,2-3H3,(H,12,13)/b9-6+. The molecule has 0 spiro atoms. The highest BCUT2D eigenvalue weighted by atomic mass is 16.4. The van der Waals surface area contributed by atoms with Crippen LogP contribution in [0.15, 0.2) is 28.7 Å². The molecule has 1 aromatic heterocycles. The summed E-state index contributed by atoms with van der Waals surface area (Å²) in [5, 5.41) is 8.75. The molecule has 0 saturated carbocycles. The molecule has 3 heteroatoms. The number of carboxylic acid groups (broad SMARTS) is 1. The van der Waals surface area contributed by atoms with Crippen molar-refractivity contribution in [3.05, 3.63) is 41.4 Å². The first-order chi connectivity index (χ1) is 6.54. The largest absolute Gasteiger partial charge is 0.478 e. The van der Waals surface area contributed by atoms with E-state index < -0.39 is 5.97 Å². The minimum absolute atomic E-state index is 0.127. The summed E-state index contributed by atoms with van der Waals surface area (Å²) < 4.78 is 5.31. The molecule has 0 bridgehead atoms. The molecule has 0 atom stereocenters. The second-order valence-electron chi connectivity index (χ2n) is 3.01. The molecule has 0 aliphatic rings. The highest BCUT2D eigenvalue weighted by Crippen LogP contribution is 2.17. The molecule has 0 aliphatic carbocycles. The summed E-state index contributed by atoms with van der Waals surface area (Å²) in [6.07, 6.45) is 2.76. The zero-order valence-corrected chi connectivity index (χ0v) is 8.20. The first-order valence-electron chi connectivity index (χ1n) is 4.19. The highest BCUT2D eigenvalue weighted by Gasteiger charge is 2.06. The number of hydrogen-bond acceptors (Lipinski definition) is 2. The van der Waals surface area contributed by atoms with Gasteiger partial charge in [-0.15, -0.1) is 0 Å². The van der Waals surface area contributed by atoms with Crippen LogP contribution in [-0.2, 0) is 4.79 Å². The lowest BCUT2D eigenvalue weighted by Gasteiger charge is -1.93. The molecule has 3 nitrogen and oxygen atoms in total. The van der Waals surface area contributed by atoms with Gasteiger partial charge in [-0.2, -0.15) is 0 Å². The molecule has 1 rings (SSSR count). The van der Waals surface area contributed by atoms with Gasteiger partial charge in [0.15, 0.2) is 0 Å². The number of carboxylic acids is 1. The van der Waals surface area contributed by atoms with Gasteiger partial charge in [0, 0.05) is 0 Å². The van der Waals surface area contributed by atoms with E-state index in [9.17, 15) is 4.79 Å². The maximum atomic E-state index is 10.7. The van der Waals surface area contributed by atoms with E-state index in [2.05, 4.69) is 6.58 Å². The Balaban J connectivity index is 3.12. The summed E-state index contributed by atoms with van der Waals surface area (Å²) >= 11 is 0. The van der Waals surface area contributed by atoms with Crippen LogP contribution in [0.2, 0.25) is 0 Å². The van der Waals surface area contributed by atoms with E-state index in [1.165, 1.54) is 12.2 Å². The molecule has 1 aromatic rings. The topological polar surface area (TPSA) is 50.4 Å². The van der Waals surface area contributed by atoms with Crippen molar-refractivity contribution in [2.24, 2.45) is 0 Å². The lowest BCUT2D eigenvalue weighted by Crippen LogP contribution is -1.96. The molecule has 0 aliphatic heterocycles. The van der Waals surface area contributed by atoms with Crippen molar-refractivity contribution in [2.75, 3.05) is 0 Å². The summed E-state index contributed by atoms with van der Waals surface area (Å²) in [7, 11) is 0. The summed E-state index contributed by atoms with van der Waals surface area (Å²) in [5.74, 6) is 0.329. The van der Waals surface area contributed by atoms with Gasteiger partial charge >= 0.3 is 5.97 Å². The Labute approximate surface area is 82.4 Å². The predicted octanol–water partition coefficient (Wildman–Crippen LogP) is 2.55. The first kappa shape index (κ1) is 10.3. The monoisotopic (exact) mass is 192 g/mol. The van der Waals surface area contributed by atoms with E-state index in [-0.39, 0.29) is 5.57 Å². The Hall–Kier alpha value is -1.77. The second-order valence-corrected chi connectivity index (χ2v) is 3.01. The summed E-state index contributed by atoms with van der Waals surface area (Å²) in [5.41, 5.74) is 1.05. The van der Waals surface area contributed by atoms with Gasteiger partial charge in [-0.1, -0.05) is 12.7 Å². The normalized spacial score (nSPS) is 11.4. The molecule has 0 saturated heterocycles. The molecule has 1 heterocycles. The van der Waals surface area contributed by atoms with Crippen molar-refractivity contribution < 1.29 is 14.3 Å². The lowest BCUT2D eigenvalue weighted by molar-refractivity contribution is -0.132. The van der Waals surface area contributed by atoms with Gasteiger partial charge in [0.1, 0.15) is 11.5 Å². The first-order valence-corrected chi connectivity index (χ1v) is 4.19. The molecule has 0 fully saturated rings. The van der Waals surface area contributed by atoms with Gasteiger partial charge in [0.25, 0.3) is 0 Å². The van der Waals surface area contributed by atoms with Crippen LogP contribution in [0.5, 0.6) is 0 Å². The van der Waals surface area contributed by atoms with E-state index in [1.807, 2.05) is 19.9 Å². The Morgan fingerprint density at radius 2 is 2.21 bits per heavy atom. The van der Waals surface area contributed by atoms with Crippen LogP contribution in [0.3, 0.4) is 0 Å². The van der Waals surface area contributed by atoms with Gasteiger partial charge in [0.2, 0.25) is 0 Å². The number of aryl methyl sites for hydroxylation is 2. The van der Waals surface area contributed by atoms with E-state index in [4.69, 9.17) is 9.52 Å². The third-order valence-corrected chi connectivity index (χ3v) is 1.83. The summed E-state index contributed by atoms with van der Waals surface area (Å²) in [6.45, 7) is 7.11. The van der Waals surface area contributed by atoms with Crippen LogP contribution in [0, 0.1) is 13.8 Å². The molecule has 0 amide bonds. The van der Waals surface area contributed by atoms with Crippen LogP contribution < -0.4 is 0 Å². The third kappa shape index (κ3) is 2.13. The minimum atomic E-state index is -1.01. The molecule has 0 unspecified atom stereocenters. The molecule has 0 radical (unpaired) electrons. The third-order valence-electron chi connectivity index (χ3n) is 1.83. The van der Waals surface area contributed by atoms with Gasteiger partial charge in [-0.05, 0) is 31.6 Å². The second kappa shape index (κ2) is 3.96. The van der Waals surface area contributed by atoms with E-state index in [1.54, 1.807) is 0 Å². The van der Waals surface area contributed by atoms with Gasteiger partial charge < -0.3 is 9.52 Å². The fourth-order valence-electron chi connectivity index (χ4n) is 1.15. The quantitative estimate of drug-likeness (QED) is 0.591. The zero-order valence-electron chi connectivity index (χ0n) is 8.20. The van der Waals surface area contributed by atoms with Crippen molar-refractivity contribution >= 4 is 12.0 Å². The van der Waals surface area contributed by atoms with Crippen LogP contribution in [-0.4, -0.2) is 11.1 Å². The molecule has 74 valence electrons. The molecular formula is C11H12O3. The number of hydrogen-bond donors (Lipinski definition) is 1. The fraction of sp³-hybridized carbons (Fsp3) is 0.182. The minimum Gasteiger partial charge on any atom is -0.478 e. The van der Waals surface area contributed by atoms with Crippen molar-refractivity contribution in [1.82, 2.24) is 0 Å². The van der Waals surface area contributed by atoms with Crippen molar-refractivity contribution in [1.29, 1.82) is 0 Å². The Morgan fingerprint density at radius 3 is 2.57 bits per heavy atom. The zero-order chi connectivity index (χ0) is 10.7. The average Bonchev–Trinajstić information content (AvgIpc) is 2.40. The Kier molecular flexibility index (Phi) is 2.92. The van der Waals surface area contributed by atoms with Crippen molar-refractivity contribution in [3.63, 3.8) is 0 Å². The Morgan fingerprint density at radius 1 is 1.57 bits per heavy atom. The fourth-order valence-corrected chi connectivity index (χ4v) is 1.15. The Bertz CT molecular complexity index is 397. The van der Waals surface area contributed by atoms with E-state index >= 15 is 0 Å². The van der Waals surface area contributed by atoms with Crippen LogP contribution in [0.25, 0.3) is 6.08 Å². The molecule has 1 N–H and O–H groups in total. The average molecular weight is 192 g/mol. The number of furan rings is 1. The SMILES string of the molecule is C=C/C(=C\c1oc(C)cc1C)C(=O)O. The smallest absolute Gasteiger partial charge is 0.335 e. The van der Waals surface area contributed by atoms with Gasteiger partial charge in [-0.3, -0.25) is 0 Å². The highest BCUT2D eigenvalue weighted by molar-refractivity contribution is 5.94. The molecule has 14 heavy (non-hydrogen) atoms. The molecular weight excluding hydrogens is 180 g/mol. The van der Waals surface area contributed by atoms with E-state index in [0.29, 0.717) is 5.76 Å². The number of carbonyl (C=O) groups is 1. The van der Waals surface area contributed by atoms with E-state index in [0.717, 1.165) is 11.3 Å². The van der Waals surface area contributed by atoms with Crippen molar-refractivity contribution in [2.45, 2.75) is 13.8 Å². The van der Waals surface area contributed by atoms with Crippen LogP contribution >= 0.6 is 0 Å². The summed E-state index contributed by atoms with van der Waals surface area (Å²) in [6, 6.07) is 1.86. The predicted molar refractivity (Wildman–Crippen MR) is 54.0 cm³/mol. The van der Waals surface area contributed by atoms with Gasteiger partial charge in [-0.25, -0.2) is 4.79 Å².